The Morgan fingerprint density at radius 1 is 1.00 bits per heavy atom. The zero-order valence-corrected chi connectivity index (χ0v) is 23.6. The molecule has 1 aromatic carbocycles. The van der Waals surface area contributed by atoms with Crippen molar-refractivity contribution in [1.82, 2.24) is 49.3 Å². The summed E-state index contributed by atoms with van der Waals surface area (Å²) in [6.45, 7) is 5.00. The molecule has 1 saturated heterocycles. The number of rotatable bonds is 11. The Balaban J connectivity index is 1.27. The normalized spacial score (nSPS) is 20.5. The van der Waals surface area contributed by atoms with Gasteiger partial charge in [-0.25, -0.2) is 9.97 Å². The topological polar surface area (TPSA) is 179 Å². The molecule has 0 aliphatic carbocycles. The molecule has 0 spiro atoms. The van der Waals surface area contributed by atoms with Gasteiger partial charge in [-0.15, -0.1) is 10.2 Å². The molecule has 0 radical (unpaired) electrons. The number of ether oxygens (including phenoxy) is 1. The Labute approximate surface area is 241 Å². The van der Waals surface area contributed by atoms with E-state index in [9.17, 15) is 10.2 Å². The number of aryl methyl sites for hydroxylation is 1. The molecule has 4 atom stereocenters. The van der Waals surface area contributed by atoms with Gasteiger partial charge in [0.2, 0.25) is 11.8 Å². The van der Waals surface area contributed by atoms with E-state index in [1.165, 1.54) is 16.7 Å². The van der Waals surface area contributed by atoms with E-state index in [0.29, 0.717) is 42.4 Å². The maximum atomic E-state index is 11.0. The lowest BCUT2D eigenvalue weighted by atomic mass is 10.1. The van der Waals surface area contributed by atoms with Crippen molar-refractivity contribution in [3.8, 4) is 0 Å². The molecule has 0 amide bonds. The smallest absolute Gasteiger partial charge is 0.226 e. The number of tetrazole rings is 1. The van der Waals surface area contributed by atoms with Gasteiger partial charge in [0.1, 0.15) is 18.0 Å². The van der Waals surface area contributed by atoms with Gasteiger partial charge in [0.05, 0.1) is 12.4 Å². The monoisotopic (exact) mass is 574 g/mol. The van der Waals surface area contributed by atoms with Crippen molar-refractivity contribution in [2.24, 2.45) is 7.05 Å². The first kappa shape index (κ1) is 27.7. The fraction of sp³-hybridized carbons (Fsp3) is 0.444. The van der Waals surface area contributed by atoms with Crippen LogP contribution in [-0.4, -0.2) is 84.8 Å². The Kier molecular flexibility index (Phi) is 7.78. The lowest BCUT2D eigenvalue weighted by molar-refractivity contribution is -0.0384. The van der Waals surface area contributed by atoms with Crippen LogP contribution in [0.1, 0.15) is 49.4 Å². The second-order valence-corrected chi connectivity index (χ2v) is 10.5. The van der Waals surface area contributed by atoms with Crippen molar-refractivity contribution in [3.63, 3.8) is 0 Å². The Hall–Kier alpha value is -4.47. The van der Waals surface area contributed by atoms with Gasteiger partial charge >= 0.3 is 0 Å². The van der Waals surface area contributed by atoms with Crippen molar-refractivity contribution in [1.29, 1.82) is 0 Å². The van der Waals surface area contributed by atoms with Crippen LogP contribution in [0.5, 0.6) is 0 Å². The van der Waals surface area contributed by atoms with E-state index in [2.05, 4.69) is 48.1 Å². The molecule has 5 heterocycles. The summed E-state index contributed by atoms with van der Waals surface area (Å²) in [5.41, 5.74) is 2.14. The molecule has 0 saturated carbocycles. The molecule has 0 unspecified atom stereocenters. The number of hydrogen-bond donors (Lipinski definition) is 4. The predicted octanol–water partition coefficient (Wildman–Crippen LogP) is 1.43. The summed E-state index contributed by atoms with van der Waals surface area (Å²) < 4.78 is 9.68. The van der Waals surface area contributed by atoms with E-state index in [1.807, 2.05) is 49.9 Å². The van der Waals surface area contributed by atoms with Gasteiger partial charge in [0, 0.05) is 39.0 Å². The quantitative estimate of drug-likeness (QED) is 0.179. The summed E-state index contributed by atoms with van der Waals surface area (Å²) in [5.74, 6) is 2.05. The average molecular weight is 575 g/mol. The van der Waals surface area contributed by atoms with E-state index < -0.39 is 24.5 Å². The molecule has 5 aromatic rings. The molecule has 220 valence electrons. The third-order valence-corrected chi connectivity index (χ3v) is 7.20. The molecular formula is C27H34N12O3. The first-order valence-electron chi connectivity index (χ1n) is 13.9. The largest absolute Gasteiger partial charge is 0.387 e. The number of aliphatic hydroxyl groups is 2. The van der Waals surface area contributed by atoms with Gasteiger partial charge in [-0.1, -0.05) is 30.3 Å². The zero-order chi connectivity index (χ0) is 29.2. The maximum Gasteiger partial charge on any atom is 0.226 e. The van der Waals surface area contributed by atoms with Gasteiger partial charge < -0.3 is 30.2 Å². The summed E-state index contributed by atoms with van der Waals surface area (Å²) in [6.07, 6.45) is 2.11. The van der Waals surface area contributed by atoms with Gasteiger partial charge in [0.15, 0.2) is 29.3 Å². The van der Waals surface area contributed by atoms with Gasteiger partial charge in [0.25, 0.3) is 0 Å². The van der Waals surface area contributed by atoms with E-state index >= 15 is 0 Å². The minimum absolute atomic E-state index is 0.0176. The number of aliphatic hydroxyl groups excluding tert-OH is 2. The molecular weight excluding hydrogens is 540 g/mol. The van der Waals surface area contributed by atoms with Gasteiger partial charge in [-0.2, -0.15) is 14.8 Å². The third-order valence-electron chi connectivity index (χ3n) is 7.20. The van der Waals surface area contributed by atoms with Crippen molar-refractivity contribution < 1.29 is 14.9 Å². The number of nitrogens with zero attached hydrogens (tertiary/aromatic N) is 10. The number of fused-ring (bicyclic) bond motifs is 1. The Morgan fingerprint density at radius 3 is 2.55 bits per heavy atom. The van der Waals surface area contributed by atoms with E-state index in [1.54, 1.807) is 10.8 Å². The highest BCUT2D eigenvalue weighted by atomic mass is 16.6. The van der Waals surface area contributed by atoms with Crippen LogP contribution in [0.25, 0.3) is 11.2 Å². The molecule has 4 N–H and O–H groups in total. The van der Waals surface area contributed by atoms with Crippen molar-refractivity contribution in [3.05, 3.63) is 66.3 Å². The molecule has 0 bridgehead atoms. The van der Waals surface area contributed by atoms with Crippen LogP contribution < -0.4 is 10.6 Å². The number of anilines is 2. The molecule has 1 aliphatic heterocycles. The van der Waals surface area contributed by atoms with E-state index in [4.69, 9.17) is 14.7 Å². The summed E-state index contributed by atoms with van der Waals surface area (Å²) in [7, 11) is 1.95. The molecule has 1 aliphatic rings. The Bertz CT molecular complexity index is 1630. The summed E-state index contributed by atoms with van der Waals surface area (Å²) >= 11 is 0. The number of hydrogen-bond acceptors (Lipinski definition) is 12. The fourth-order valence-electron chi connectivity index (χ4n) is 4.87. The molecule has 1 fully saturated rings. The van der Waals surface area contributed by atoms with Crippen LogP contribution in [0.4, 0.5) is 11.8 Å². The van der Waals surface area contributed by atoms with Crippen molar-refractivity contribution in [2.45, 2.75) is 57.3 Å². The highest BCUT2D eigenvalue weighted by Crippen LogP contribution is 2.39. The van der Waals surface area contributed by atoms with E-state index in [0.717, 1.165) is 12.2 Å². The van der Waals surface area contributed by atoms with Gasteiger partial charge in [-0.3, -0.25) is 4.57 Å². The Morgan fingerprint density at radius 2 is 1.81 bits per heavy atom. The molecule has 4 aromatic heterocycles. The maximum absolute atomic E-state index is 11.0. The number of aromatic nitrogens is 10. The van der Waals surface area contributed by atoms with Crippen LogP contribution in [-0.2, 0) is 24.6 Å². The summed E-state index contributed by atoms with van der Waals surface area (Å²) in [4.78, 5) is 19.8. The molecule has 15 heteroatoms. The highest BCUT2D eigenvalue weighted by molar-refractivity contribution is 5.84. The standard InChI is InChI=1S/C27H34N12O3/c1-16(2)39-35-24(34-36-39)22-20(40)21(41)26(42-22)38-15-31-19-23(29-11-9-17-7-5-4-6-8-17)32-27(33-25(19)38)30-12-10-18-28-13-14-37(18)3/h4-8,13-16,20-22,26,40-41H,9-12H2,1-3H3,(H2,29,30,32,33)/t20-,21+,22-,26+/m0/s1. The SMILES string of the molecule is CC(C)n1nnc([C@H]2O[C@@H](n3cnc4c(NCCc5ccccc5)nc(NCCc5nccn5C)nc43)[C@H](O)[C@@H]2O)n1. The first-order chi connectivity index (χ1) is 20.4. The van der Waals surface area contributed by atoms with Crippen LogP contribution >= 0.6 is 0 Å². The van der Waals surface area contributed by atoms with Crippen molar-refractivity contribution >= 4 is 22.9 Å². The zero-order valence-electron chi connectivity index (χ0n) is 23.6. The van der Waals surface area contributed by atoms with Crippen molar-refractivity contribution in [2.75, 3.05) is 23.7 Å². The molecule has 42 heavy (non-hydrogen) atoms. The minimum Gasteiger partial charge on any atom is -0.387 e. The number of nitrogens with one attached hydrogen (secondary N) is 2. The highest BCUT2D eigenvalue weighted by Gasteiger charge is 2.47. The lowest BCUT2D eigenvalue weighted by Crippen LogP contribution is -2.29. The predicted molar refractivity (Wildman–Crippen MR) is 152 cm³/mol. The van der Waals surface area contributed by atoms with Crippen LogP contribution in [0, 0.1) is 0 Å². The van der Waals surface area contributed by atoms with Crippen LogP contribution in [0.15, 0.2) is 49.1 Å². The number of benzene rings is 1. The lowest BCUT2D eigenvalue weighted by Gasteiger charge is -2.17. The third kappa shape index (κ3) is 5.53. The fourth-order valence-corrected chi connectivity index (χ4v) is 4.87. The van der Waals surface area contributed by atoms with Crippen LogP contribution in [0.3, 0.4) is 0 Å². The minimum atomic E-state index is -1.29. The second kappa shape index (κ2) is 11.8. The average Bonchev–Trinajstić information content (AvgIpc) is 3.78. The van der Waals surface area contributed by atoms with E-state index in [-0.39, 0.29) is 11.9 Å². The first-order valence-corrected chi connectivity index (χ1v) is 13.9. The number of imidazole rings is 2. The molecule has 6 rings (SSSR count). The molecule has 15 nitrogen and oxygen atoms in total. The van der Waals surface area contributed by atoms with Gasteiger partial charge in [-0.05, 0) is 31.0 Å². The van der Waals surface area contributed by atoms with Crippen LogP contribution in [0.2, 0.25) is 0 Å². The summed E-state index contributed by atoms with van der Waals surface area (Å²) in [5, 5.41) is 41.0. The summed E-state index contributed by atoms with van der Waals surface area (Å²) in [6, 6.07) is 10.1. The second-order valence-electron chi connectivity index (χ2n) is 10.5.